The number of rotatable bonds is 6. The standard InChI is InChI=1S/C22H32FNO5S/c1-22(2,3)29-21(25)24-9-7-16(8-10-24)18-12-17(18)14-28-13-15-5-6-20(19(23)11-15)30(4,26)27/h5-6,11,16-18H,7-10,12-14H2,1-4H3/t17-,18+/m0/s1. The second-order valence-corrected chi connectivity index (χ2v) is 11.5. The van der Waals surface area contributed by atoms with Crippen LogP contribution in [0, 0.1) is 23.6 Å². The number of piperidine rings is 1. The molecule has 6 nitrogen and oxygen atoms in total. The van der Waals surface area contributed by atoms with Crippen molar-refractivity contribution in [2.45, 2.75) is 57.1 Å². The van der Waals surface area contributed by atoms with Crippen molar-refractivity contribution in [2.24, 2.45) is 17.8 Å². The van der Waals surface area contributed by atoms with Crippen LogP contribution < -0.4 is 0 Å². The van der Waals surface area contributed by atoms with Crippen LogP contribution in [0.3, 0.4) is 0 Å². The molecule has 1 aliphatic heterocycles. The van der Waals surface area contributed by atoms with Gasteiger partial charge in [0, 0.05) is 19.3 Å². The molecule has 0 spiro atoms. The van der Waals surface area contributed by atoms with Crippen LogP contribution in [0.1, 0.15) is 45.6 Å². The molecule has 0 radical (unpaired) electrons. The molecular formula is C22H32FNO5S. The van der Waals surface area contributed by atoms with E-state index in [1.165, 1.54) is 12.1 Å². The van der Waals surface area contributed by atoms with Crippen molar-refractivity contribution < 1.29 is 27.1 Å². The van der Waals surface area contributed by atoms with Crippen LogP contribution in [0.25, 0.3) is 0 Å². The first-order chi connectivity index (χ1) is 13.9. The van der Waals surface area contributed by atoms with Gasteiger partial charge in [0.25, 0.3) is 0 Å². The van der Waals surface area contributed by atoms with E-state index in [-0.39, 0.29) is 17.6 Å². The summed E-state index contributed by atoms with van der Waals surface area (Å²) in [6.07, 6.45) is 3.85. The lowest BCUT2D eigenvalue weighted by molar-refractivity contribution is 0.0170. The summed E-state index contributed by atoms with van der Waals surface area (Å²) in [6, 6.07) is 4.12. The van der Waals surface area contributed by atoms with Gasteiger partial charge in [0.15, 0.2) is 9.84 Å². The number of ether oxygens (including phenoxy) is 2. The minimum Gasteiger partial charge on any atom is -0.444 e. The first kappa shape index (κ1) is 23.0. The van der Waals surface area contributed by atoms with Gasteiger partial charge in [-0.15, -0.1) is 0 Å². The van der Waals surface area contributed by atoms with Crippen molar-refractivity contribution in [3.8, 4) is 0 Å². The second kappa shape index (κ2) is 8.83. The maximum absolute atomic E-state index is 14.0. The fourth-order valence-corrected chi connectivity index (χ4v) is 4.87. The van der Waals surface area contributed by atoms with E-state index >= 15 is 0 Å². The number of hydrogen-bond donors (Lipinski definition) is 0. The van der Waals surface area contributed by atoms with Gasteiger partial charge in [0.05, 0.1) is 13.2 Å². The van der Waals surface area contributed by atoms with Crippen LogP contribution in [0.4, 0.5) is 9.18 Å². The highest BCUT2D eigenvalue weighted by atomic mass is 32.2. The zero-order valence-corrected chi connectivity index (χ0v) is 19.0. The van der Waals surface area contributed by atoms with Crippen LogP contribution in [-0.2, 0) is 25.9 Å². The largest absolute Gasteiger partial charge is 0.444 e. The van der Waals surface area contributed by atoms with Gasteiger partial charge in [0.2, 0.25) is 0 Å². The van der Waals surface area contributed by atoms with E-state index in [0.717, 1.165) is 38.6 Å². The molecule has 1 saturated heterocycles. The SMILES string of the molecule is CC(C)(C)OC(=O)N1CCC([C@H]2C[C@H]2COCc2ccc(S(C)(=O)=O)c(F)c2)CC1. The molecule has 1 aromatic carbocycles. The molecule has 2 aliphatic rings. The molecule has 168 valence electrons. The molecule has 0 N–H and O–H groups in total. The Bertz CT molecular complexity index is 872. The molecule has 0 unspecified atom stereocenters. The summed E-state index contributed by atoms with van der Waals surface area (Å²) in [7, 11) is -3.56. The molecule has 0 aromatic heterocycles. The molecule has 2 atom stereocenters. The summed E-state index contributed by atoms with van der Waals surface area (Å²) in [5, 5.41) is 0. The Balaban J connectivity index is 1.38. The number of benzene rings is 1. The quantitative estimate of drug-likeness (QED) is 0.666. The van der Waals surface area contributed by atoms with E-state index < -0.39 is 21.3 Å². The lowest BCUT2D eigenvalue weighted by Crippen LogP contribution is -2.42. The van der Waals surface area contributed by atoms with Crippen LogP contribution >= 0.6 is 0 Å². The van der Waals surface area contributed by atoms with Crippen molar-refractivity contribution in [3.05, 3.63) is 29.6 Å². The first-order valence-electron chi connectivity index (χ1n) is 10.5. The number of carbonyl (C=O) groups is 1. The van der Waals surface area contributed by atoms with Gasteiger partial charge in [-0.05, 0) is 75.5 Å². The fraction of sp³-hybridized carbons (Fsp3) is 0.682. The molecule has 1 amide bonds. The average molecular weight is 442 g/mol. The predicted octanol–water partition coefficient (Wildman–Crippen LogP) is 4.03. The third-order valence-corrected chi connectivity index (χ3v) is 6.90. The third-order valence-electron chi connectivity index (χ3n) is 5.77. The number of likely N-dealkylation sites (tertiary alicyclic amines) is 1. The Morgan fingerprint density at radius 1 is 1.23 bits per heavy atom. The van der Waals surface area contributed by atoms with E-state index in [9.17, 15) is 17.6 Å². The van der Waals surface area contributed by atoms with Gasteiger partial charge < -0.3 is 14.4 Å². The first-order valence-corrected chi connectivity index (χ1v) is 12.4. The molecule has 2 fully saturated rings. The Kier molecular flexibility index (Phi) is 6.77. The van der Waals surface area contributed by atoms with Gasteiger partial charge >= 0.3 is 6.09 Å². The third kappa shape index (κ3) is 6.17. The number of halogens is 1. The molecule has 1 aromatic rings. The van der Waals surface area contributed by atoms with Crippen molar-refractivity contribution in [3.63, 3.8) is 0 Å². The normalized spacial score (nSPS) is 22.8. The lowest BCUT2D eigenvalue weighted by atomic mass is 9.91. The van der Waals surface area contributed by atoms with Gasteiger partial charge in [0.1, 0.15) is 16.3 Å². The van der Waals surface area contributed by atoms with Gasteiger partial charge in [-0.1, -0.05) is 6.07 Å². The monoisotopic (exact) mass is 441 g/mol. The van der Waals surface area contributed by atoms with E-state index in [4.69, 9.17) is 9.47 Å². The highest BCUT2D eigenvalue weighted by Crippen LogP contribution is 2.48. The van der Waals surface area contributed by atoms with Gasteiger partial charge in [-0.25, -0.2) is 17.6 Å². The minimum atomic E-state index is -3.56. The van der Waals surface area contributed by atoms with E-state index in [1.54, 1.807) is 11.0 Å². The topological polar surface area (TPSA) is 72.9 Å². The number of nitrogens with zero attached hydrogens (tertiary/aromatic N) is 1. The summed E-state index contributed by atoms with van der Waals surface area (Å²) in [4.78, 5) is 13.7. The lowest BCUT2D eigenvalue weighted by Gasteiger charge is -2.33. The van der Waals surface area contributed by atoms with E-state index in [1.807, 2.05) is 20.8 Å². The zero-order valence-electron chi connectivity index (χ0n) is 18.2. The molecule has 3 rings (SSSR count). The molecule has 1 aliphatic carbocycles. The van der Waals surface area contributed by atoms with Crippen LogP contribution in [-0.4, -0.2) is 51.0 Å². The highest BCUT2D eigenvalue weighted by molar-refractivity contribution is 7.90. The maximum atomic E-state index is 14.0. The fourth-order valence-electron chi connectivity index (χ4n) is 4.14. The van der Waals surface area contributed by atoms with Gasteiger partial charge in [-0.3, -0.25) is 0 Å². The Morgan fingerprint density at radius 2 is 1.90 bits per heavy atom. The summed E-state index contributed by atoms with van der Waals surface area (Å²) in [5.41, 5.74) is 0.156. The zero-order chi connectivity index (χ0) is 22.1. The van der Waals surface area contributed by atoms with Crippen molar-refractivity contribution in [2.75, 3.05) is 26.0 Å². The highest BCUT2D eigenvalue weighted by Gasteiger charge is 2.44. The number of sulfone groups is 1. The Hall–Kier alpha value is -1.67. The van der Waals surface area contributed by atoms with Crippen LogP contribution in [0.2, 0.25) is 0 Å². The molecule has 8 heteroatoms. The summed E-state index contributed by atoms with van der Waals surface area (Å²) in [6.45, 7) is 7.97. The summed E-state index contributed by atoms with van der Waals surface area (Å²) < 4.78 is 48.1. The Morgan fingerprint density at radius 3 is 2.47 bits per heavy atom. The molecule has 1 saturated carbocycles. The van der Waals surface area contributed by atoms with E-state index in [0.29, 0.717) is 29.9 Å². The minimum absolute atomic E-state index is 0.231. The number of amides is 1. The van der Waals surface area contributed by atoms with Crippen molar-refractivity contribution >= 4 is 15.9 Å². The molecular weight excluding hydrogens is 409 g/mol. The average Bonchev–Trinajstić information content (AvgIpc) is 3.39. The maximum Gasteiger partial charge on any atom is 0.410 e. The Labute approximate surface area is 178 Å². The smallest absolute Gasteiger partial charge is 0.410 e. The molecule has 1 heterocycles. The summed E-state index contributed by atoms with van der Waals surface area (Å²) in [5.74, 6) is 0.988. The van der Waals surface area contributed by atoms with Crippen molar-refractivity contribution in [1.82, 2.24) is 4.90 Å². The molecule has 30 heavy (non-hydrogen) atoms. The number of hydrogen-bond acceptors (Lipinski definition) is 5. The summed E-state index contributed by atoms with van der Waals surface area (Å²) >= 11 is 0. The van der Waals surface area contributed by atoms with Gasteiger partial charge in [-0.2, -0.15) is 0 Å². The van der Waals surface area contributed by atoms with Crippen molar-refractivity contribution in [1.29, 1.82) is 0 Å². The second-order valence-electron chi connectivity index (χ2n) is 9.52. The van der Waals surface area contributed by atoms with E-state index in [2.05, 4.69) is 0 Å². The predicted molar refractivity (Wildman–Crippen MR) is 111 cm³/mol. The van der Waals surface area contributed by atoms with Crippen LogP contribution in [0.5, 0.6) is 0 Å². The number of carbonyl (C=O) groups excluding carboxylic acids is 1. The van der Waals surface area contributed by atoms with Crippen LogP contribution in [0.15, 0.2) is 23.1 Å². The molecule has 0 bridgehead atoms.